The van der Waals surface area contributed by atoms with Gasteiger partial charge in [-0.3, -0.25) is 9.97 Å². The van der Waals surface area contributed by atoms with Crippen LogP contribution in [0.2, 0.25) is 18.1 Å². The molecule has 2 atom stereocenters. The van der Waals surface area contributed by atoms with Gasteiger partial charge in [-0.25, -0.2) is 0 Å². The molecule has 8 heteroatoms. The van der Waals surface area contributed by atoms with Gasteiger partial charge < -0.3 is 9.53 Å². The van der Waals surface area contributed by atoms with Crippen LogP contribution in [0.4, 0.5) is 13.2 Å². The number of aliphatic hydroxyl groups excluding tert-OH is 1. The summed E-state index contributed by atoms with van der Waals surface area (Å²) < 4.78 is 46.9. The number of halogens is 3. The Morgan fingerprint density at radius 3 is 2.30 bits per heavy atom. The first kappa shape index (κ1) is 30.9. The van der Waals surface area contributed by atoms with E-state index in [-0.39, 0.29) is 22.5 Å². The quantitative estimate of drug-likeness (QED) is 0.349. The molecule has 2 aliphatic carbocycles. The maximum Gasteiger partial charge on any atom is 0.433 e. The van der Waals surface area contributed by atoms with Crippen LogP contribution >= 0.6 is 0 Å². The first-order chi connectivity index (χ1) is 18.3. The van der Waals surface area contributed by atoms with Crippen molar-refractivity contribution in [3.63, 3.8) is 0 Å². The Morgan fingerprint density at radius 1 is 1.12 bits per heavy atom. The predicted molar refractivity (Wildman–Crippen MR) is 157 cm³/mol. The normalized spacial score (nSPS) is 20.4. The molecule has 0 fully saturated rings. The zero-order valence-electron chi connectivity index (χ0n) is 25.5. The molecule has 0 saturated carbocycles. The molecule has 2 aromatic rings. The van der Waals surface area contributed by atoms with Gasteiger partial charge in [-0.1, -0.05) is 60.6 Å². The number of hydrogen-bond acceptors (Lipinski definition) is 4. The maximum atomic E-state index is 13.2. The summed E-state index contributed by atoms with van der Waals surface area (Å²) >= 11 is 0. The fraction of sp³-hybridized carbons (Fsp3) is 0.625. The SMILES string of the molecule is CC(C)c1nc2c(c(C3=CCCC3)c1[C@H](O)c1ccc(C(F)(F)F)nc1)C(O[Si](C)(C)C(C)(C)C)CC(C)(C)C2. The van der Waals surface area contributed by atoms with E-state index in [4.69, 9.17) is 9.41 Å². The second-order valence-electron chi connectivity index (χ2n) is 14.2. The predicted octanol–water partition coefficient (Wildman–Crippen LogP) is 9.30. The Labute approximate surface area is 238 Å². The molecule has 0 radical (unpaired) electrons. The lowest BCUT2D eigenvalue weighted by Crippen LogP contribution is -2.44. The van der Waals surface area contributed by atoms with E-state index in [2.05, 4.69) is 72.6 Å². The van der Waals surface area contributed by atoms with Gasteiger partial charge in [-0.05, 0) is 78.8 Å². The lowest BCUT2D eigenvalue weighted by Gasteiger charge is -2.45. The summed E-state index contributed by atoms with van der Waals surface area (Å²) in [4.78, 5) is 8.89. The van der Waals surface area contributed by atoms with E-state index >= 15 is 0 Å². The van der Waals surface area contributed by atoms with Crippen molar-refractivity contribution in [2.75, 3.05) is 0 Å². The topological polar surface area (TPSA) is 55.2 Å². The van der Waals surface area contributed by atoms with Gasteiger partial charge in [-0.15, -0.1) is 0 Å². The summed E-state index contributed by atoms with van der Waals surface area (Å²) in [5.74, 6) is 0.00269. The van der Waals surface area contributed by atoms with E-state index in [9.17, 15) is 18.3 Å². The number of rotatable bonds is 6. The molecule has 0 bridgehead atoms. The summed E-state index contributed by atoms with van der Waals surface area (Å²) in [7, 11) is -2.18. The lowest BCUT2D eigenvalue weighted by molar-refractivity contribution is -0.141. The second-order valence-corrected chi connectivity index (χ2v) is 19.0. The summed E-state index contributed by atoms with van der Waals surface area (Å²) in [5.41, 5.74) is 5.08. The fourth-order valence-corrected chi connectivity index (χ4v) is 7.06. The summed E-state index contributed by atoms with van der Waals surface area (Å²) in [6.45, 7) is 19.9. The van der Waals surface area contributed by atoms with E-state index in [1.54, 1.807) is 0 Å². The van der Waals surface area contributed by atoms with Gasteiger partial charge in [0.05, 0.1) is 6.10 Å². The van der Waals surface area contributed by atoms with Gasteiger partial charge in [0.2, 0.25) is 0 Å². The number of alkyl halides is 3. The van der Waals surface area contributed by atoms with Crippen LogP contribution in [0.15, 0.2) is 24.4 Å². The average Bonchev–Trinajstić information content (AvgIpc) is 3.35. The molecule has 1 unspecified atom stereocenters. The standard InChI is InChI=1S/C32H45F3N2O2Si/c1-19(2)28-27(29(38)21-14-15-24(36-18-21)32(33,34)35)25(20-12-10-11-13-20)26-22(37-28)16-31(6,7)17-23(26)39-40(8,9)30(3,4)5/h12,14-15,18-19,23,29,38H,10-11,13,16-17H2,1-9H3/t23?,29-/m1/s1. The minimum Gasteiger partial charge on any atom is -0.410 e. The Balaban J connectivity index is 1.99. The molecule has 4 nitrogen and oxygen atoms in total. The Morgan fingerprint density at radius 2 is 1.80 bits per heavy atom. The molecule has 0 saturated heterocycles. The highest BCUT2D eigenvalue weighted by Gasteiger charge is 2.45. The fourth-order valence-electron chi connectivity index (χ4n) is 5.79. The van der Waals surface area contributed by atoms with Crippen molar-refractivity contribution in [1.29, 1.82) is 0 Å². The van der Waals surface area contributed by atoms with Crippen molar-refractivity contribution in [2.45, 2.75) is 123 Å². The van der Waals surface area contributed by atoms with Crippen molar-refractivity contribution in [3.8, 4) is 0 Å². The van der Waals surface area contributed by atoms with E-state index in [0.29, 0.717) is 11.1 Å². The molecule has 0 aromatic carbocycles. The zero-order chi connectivity index (χ0) is 29.8. The number of aliphatic hydroxyl groups is 1. The highest BCUT2D eigenvalue weighted by molar-refractivity contribution is 6.74. The molecule has 2 aromatic heterocycles. The number of pyridine rings is 2. The molecule has 1 N–H and O–H groups in total. The van der Waals surface area contributed by atoms with Crippen molar-refractivity contribution < 1.29 is 22.7 Å². The third kappa shape index (κ3) is 6.09. The van der Waals surface area contributed by atoms with E-state index < -0.39 is 26.3 Å². The third-order valence-electron chi connectivity index (χ3n) is 8.90. The van der Waals surface area contributed by atoms with E-state index in [1.165, 1.54) is 11.6 Å². The molecule has 220 valence electrons. The number of hydrogen-bond donors (Lipinski definition) is 1. The third-order valence-corrected chi connectivity index (χ3v) is 13.4. The van der Waals surface area contributed by atoms with Gasteiger partial charge >= 0.3 is 6.18 Å². The van der Waals surface area contributed by atoms with Crippen LogP contribution in [-0.2, 0) is 17.0 Å². The number of nitrogens with zero attached hydrogens (tertiary/aromatic N) is 2. The van der Waals surface area contributed by atoms with Gasteiger partial charge in [0, 0.05) is 34.3 Å². The van der Waals surface area contributed by atoms with E-state index in [1.807, 2.05) is 0 Å². The van der Waals surface area contributed by atoms with Crippen LogP contribution in [0.25, 0.3) is 5.57 Å². The average molecular weight is 575 g/mol. The van der Waals surface area contributed by atoms with Crippen LogP contribution in [0.5, 0.6) is 0 Å². The molecule has 0 aliphatic heterocycles. The van der Waals surface area contributed by atoms with Crippen LogP contribution in [0.3, 0.4) is 0 Å². The first-order valence-corrected chi connectivity index (χ1v) is 17.4. The molecule has 2 heterocycles. The monoisotopic (exact) mass is 574 g/mol. The zero-order valence-corrected chi connectivity index (χ0v) is 26.5. The van der Waals surface area contributed by atoms with Crippen molar-refractivity contribution in [1.82, 2.24) is 9.97 Å². The van der Waals surface area contributed by atoms with Crippen molar-refractivity contribution in [2.24, 2.45) is 5.41 Å². The molecule has 0 amide bonds. The summed E-state index contributed by atoms with van der Waals surface area (Å²) in [6.07, 6.45) is 2.04. The van der Waals surface area contributed by atoms with Crippen molar-refractivity contribution >= 4 is 13.9 Å². The second kappa shape index (κ2) is 10.7. The van der Waals surface area contributed by atoms with Gasteiger partial charge in [-0.2, -0.15) is 13.2 Å². The Hall–Kier alpha value is -2.03. The highest BCUT2D eigenvalue weighted by atomic mass is 28.4. The van der Waals surface area contributed by atoms with Crippen LogP contribution < -0.4 is 0 Å². The van der Waals surface area contributed by atoms with Crippen LogP contribution in [0, 0.1) is 5.41 Å². The minimum atomic E-state index is -4.54. The van der Waals surface area contributed by atoms with Crippen molar-refractivity contribution in [3.05, 3.63) is 63.7 Å². The Bertz CT molecular complexity index is 1280. The summed E-state index contributed by atoms with van der Waals surface area (Å²) in [6, 6.07) is 2.28. The van der Waals surface area contributed by atoms with E-state index in [0.717, 1.165) is 66.9 Å². The highest BCUT2D eigenvalue weighted by Crippen LogP contribution is 2.52. The van der Waals surface area contributed by atoms with Crippen LogP contribution in [-0.4, -0.2) is 23.4 Å². The molecule has 4 rings (SSSR count). The number of fused-ring (bicyclic) bond motifs is 1. The first-order valence-electron chi connectivity index (χ1n) is 14.5. The molecule has 0 spiro atoms. The molecular formula is C32H45F3N2O2Si. The van der Waals surface area contributed by atoms with Crippen LogP contribution in [0.1, 0.15) is 132 Å². The smallest absolute Gasteiger partial charge is 0.410 e. The molecule has 2 aliphatic rings. The largest absolute Gasteiger partial charge is 0.433 e. The van der Waals surface area contributed by atoms with Gasteiger partial charge in [0.1, 0.15) is 11.8 Å². The maximum absolute atomic E-state index is 13.2. The van der Waals surface area contributed by atoms with Gasteiger partial charge in [0.15, 0.2) is 8.32 Å². The number of allylic oxidation sites excluding steroid dienone is 2. The van der Waals surface area contributed by atoms with Gasteiger partial charge in [0.25, 0.3) is 0 Å². The molecule has 40 heavy (non-hydrogen) atoms. The summed E-state index contributed by atoms with van der Waals surface area (Å²) in [5, 5.41) is 11.9. The minimum absolute atomic E-state index is 0.00269. The molecular weight excluding hydrogens is 529 g/mol. The Kier molecular flexibility index (Phi) is 8.24. The number of aromatic nitrogens is 2. The lowest BCUT2D eigenvalue weighted by atomic mass is 9.71.